The molecule has 23 heteroatoms. The summed E-state index contributed by atoms with van der Waals surface area (Å²) in [4.78, 5) is 116. The first-order valence-corrected chi connectivity index (χ1v) is 19.7. The predicted molar refractivity (Wildman–Crippen MR) is 214 cm³/mol. The van der Waals surface area contributed by atoms with Crippen molar-refractivity contribution >= 4 is 72.6 Å². The number of nitrogens with zero attached hydrogens (tertiary/aromatic N) is 2. The summed E-state index contributed by atoms with van der Waals surface area (Å²) in [5.74, 6) is -5.98. The van der Waals surface area contributed by atoms with Crippen LogP contribution in [0.5, 0.6) is 0 Å². The minimum absolute atomic E-state index is 0.00138. The SMILES string of the molecule is CC(=O)[C@@H]1CC2=CN=CB2[C@@H](CCC(N)=O)C(=O)N[C@@H](CCCCN)C(=O)NCC(=O)N[C@@H](CS)C(=O)NCCOCCOCC(=O)N[C@@H](Cc2cnc[nH]2)C(=O)N1. The molecule has 1 aromatic rings. The molecule has 0 radical (unpaired) electrons. The topological polar surface area (TPSA) is 320 Å². The number of carbonyl (C=O) groups is 8. The third-order valence-corrected chi connectivity index (χ3v) is 9.62. The van der Waals surface area contributed by atoms with Crippen molar-refractivity contribution in [3.05, 3.63) is 29.9 Å². The summed E-state index contributed by atoms with van der Waals surface area (Å²) < 4.78 is 10.9. The zero-order valence-electron chi connectivity index (χ0n) is 32.5. The van der Waals surface area contributed by atoms with Gasteiger partial charge in [-0.2, -0.15) is 12.6 Å². The summed E-state index contributed by atoms with van der Waals surface area (Å²) in [5.41, 5.74) is 12.2. The second-order valence-electron chi connectivity index (χ2n) is 13.7. The Morgan fingerprint density at radius 1 is 0.879 bits per heavy atom. The summed E-state index contributed by atoms with van der Waals surface area (Å²) in [7, 11) is 0. The molecule has 0 aromatic carbocycles. The maximum absolute atomic E-state index is 14.0. The van der Waals surface area contributed by atoms with Crippen LogP contribution in [0.3, 0.4) is 0 Å². The number of aromatic amines is 1. The van der Waals surface area contributed by atoms with E-state index in [1.807, 2.05) is 0 Å². The minimum Gasteiger partial charge on any atom is -0.377 e. The molecule has 21 nitrogen and oxygen atoms in total. The molecule has 2 aliphatic heterocycles. The number of unbranched alkanes of at least 4 members (excludes halogenated alkanes) is 1. The second kappa shape index (κ2) is 25.3. The second-order valence-corrected chi connectivity index (χ2v) is 14.1. The van der Waals surface area contributed by atoms with E-state index in [-0.39, 0.29) is 64.2 Å². The average molecular weight is 832 g/mol. The molecule has 3 heterocycles. The first-order valence-electron chi connectivity index (χ1n) is 19.0. The molecule has 0 aliphatic carbocycles. The number of Topliss-reactive ketones (excluding diaryl/α,β-unsaturated/α-hetero) is 1. The predicted octanol–water partition coefficient (Wildman–Crippen LogP) is -3.61. The van der Waals surface area contributed by atoms with Crippen molar-refractivity contribution in [2.75, 3.05) is 51.8 Å². The van der Waals surface area contributed by atoms with E-state index in [2.05, 4.69) is 59.5 Å². The quantitative estimate of drug-likeness (QED) is 0.0588. The van der Waals surface area contributed by atoms with E-state index in [4.69, 9.17) is 20.9 Å². The lowest BCUT2D eigenvalue weighted by Crippen LogP contribution is -2.54. The Balaban J connectivity index is 1.90. The Hall–Kier alpha value is -5.13. The van der Waals surface area contributed by atoms with Crippen molar-refractivity contribution in [1.82, 2.24) is 41.9 Å². The van der Waals surface area contributed by atoms with Crippen LogP contribution in [0.4, 0.5) is 0 Å². The lowest BCUT2D eigenvalue weighted by atomic mass is 9.36. The number of aliphatic imine (C=N–C) groups is 1. The molecule has 0 bridgehead atoms. The zero-order chi connectivity index (χ0) is 42.5. The van der Waals surface area contributed by atoms with Gasteiger partial charge in [0.05, 0.1) is 38.7 Å². The van der Waals surface area contributed by atoms with Gasteiger partial charge in [-0.15, -0.1) is 0 Å². The Morgan fingerprint density at radius 3 is 2.31 bits per heavy atom. The Labute approximate surface area is 341 Å². The van der Waals surface area contributed by atoms with E-state index in [1.165, 1.54) is 31.8 Å². The molecule has 1 aromatic heterocycles. The van der Waals surface area contributed by atoms with Crippen molar-refractivity contribution in [3.63, 3.8) is 0 Å². The molecule has 3 rings (SSSR count). The molecule has 1 fully saturated rings. The lowest BCUT2D eigenvalue weighted by molar-refractivity contribution is -0.133. The number of rotatable bonds is 11. The smallest absolute Gasteiger partial charge is 0.246 e. The van der Waals surface area contributed by atoms with Gasteiger partial charge in [0, 0.05) is 49.0 Å². The number of carbonyl (C=O) groups excluding carboxylic acids is 8. The number of H-pyrrole nitrogens is 1. The number of imidazole rings is 1. The summed E-state index contributed by atoms with van der Waals surface area (Å²) >= 11 is 4.16. The van der Waals surface area contributed by atoms with Crippen LogP contribution in [0, 0.1) is 0 Å². The number of primary amides is 1. The molecule has 0 spiro atoms. The number of thiol groups is 1. The van der Waals surface area contributed by atoms with Gasteiger partial charge in [-0.1, -0.05) is 5.47 Å². The van der Waals surface area contributed by atoms with E-state index in [1.54, 1.807) is 0 Å². The van der Waals surface area contributed by atoms with Crippen molar-refractivity contribution in [1.29, 1.82) is 0 Å². The number of ketones is 1. The maximum atomic E-state index is 14.0. The normalized spacial score (nSPS) is 24.1. The molecule has 5 atom stereocenters. The van der Waals surface area contributed by atoms with Gasteiger partial charge in [0.2, 0.25) is 48.1 Å². The fourth-order valence-corrected chi connectivity index (χ4v) is 6.38. The monoisotopic (exact) mass is 831 g/mol. The number of ether oxygens (including phenoxy) is 2. The fourth-order valence-electron chi connectivity index (χ4n) is 6.13. The van der Waals surface area contributed by atoms with Crippen LogP contribution in [0.25, 0.3) is 0 Å². The lowest BCUT2D eigenvalue weighted by Gasteiger charge is -2.27. The minimum atomic E-state index is -1.16. The van der Waals surface area contributed by atoms with E-state index < -0.39 is 97.0 Å². The van der Waals surface area contributed by atoms with Gasteiger partial charge >= 0.3 is 0 Å². The van der Waals surface area contributed by atoms with Gasteiger partial charge in [0.1, 0.15) is 24.7 Å². The van der Waals surface area contributed by atoms with Gasteiger partial charge in [-0.3, -0.25) is 43.3 Å². The van der Waals surface area contributed by atoms with E-state index >= 15 is 0 Å². The Bertz CT molecular complexity index is 1650. The Morgan fingerprint density at radius 2 is 1.62 bits per heavy atom. The Kier molecular flexibility index (Phi) is 20.6. The van der Waals surface area contributed by atoms with Crippen molar-refractivity contribution in [3.8, 4) is 0 Å². The van der Waals surface area contributed by atoms with Gasteiger partial charge in [0.15, 0.2) is 5.78 Å². The third-order valence-electron chi connectivity index (χ3n) is 9.25. The van der Waals surface area contributed by atoms with E-state index in [0.717, 1.165) is 0 Å². The van der Waals surface area contributed by atoms with Gasteiger partial charge in [-0.25, -0.2) is 4.98 Å². The van der Waals surface area contributed by atoms with Crippen molar-refractivity contribution < 1.29 is 47.8 Å². The van der Waals surface area contributed by atoms with Crippen LogP contribution >= 0.6 is 12.6 Å². The van der Waals surface area contributed by atoms with E-state index in [9.17, 15) is 38.4 Å². The van der Waals surface area contributed by atoms with Crippen molar-refractivity contribution in [2.24, 2.45) is 16.5 Å². The number of nitrogens with one attached hydrogen (secondary N) is 7. The highest BCUT2D eigenvalue weighted by Crippen LogP contribution is 2.28. The van der Waals surface area contributed by atoms with Crippen LogP contribution in [-0.4, -0.2) is 146 Å². The molecule has 2 aliphatic rings. The van der Waals surface area contributed by atoms with Crippen LogP contribution in [-0.2, 0) is 54.3 Å². The van der Waals surface area contributed by atoms with Crippen LogP contribution in [0.1, 0.15) is 51.1 Å². The molecule has 11 N–H and O–H groups in total. The number of nitrogens with two attached hydrogens (primary N) is 2. The summed E-state index contributed by atoms with van der Waals surface area (Å²) in [6.45, 7) is 0.158. The first-order chi connectivity index (χ1) is 27.8. The molecule has 318 valence electrons. The van der Waals surface area contributed by atoms with Crippen LogP contribution in [0.15, 0.2) is 29.2 Å². The molecular formula is C35H54BN11O10S. The number of aromatic nitrogens is 2. The standard InChI is InChI=1S/C35H54BN11O10S/c1-21(48)26-12-22-14-39-19-36(22)24(5-6-29(38)49)32(52)46-25(4-2-3-7-37)33(53)42-16-30(50)45-28(18-58)34(54)41-8-9-56-10-11-57-17-31(51)44-27(35(55)47-26)13-23-15-40-20-43-23/h14-15,19-20,24-28,58H,2-13,16-18,37H2,1H3,(H2,38,49)(H,40,43)(H,41,54)(H,42,53)(H,44,51)(H,45,50)(H,46,52)(H,47,55)/t24-,25-,26-,27-,28-/m0/s1. The fraction of sp³-hybridized carbons (Fsp3) is 0.600. The molecular weight excluding hydrogens is 777 g/mol. The highest BCUT2D eigenvalue weighted by Gasteiger charge is 2.39. The summed E-state index contributed by atoms with van der Waals surface area (Å²) in [6, 6.07) is -4.43. The highest BCUT2D eigenvalue weighted by atomic mass is 32.1. The van der Waals surface area contributed by atoms with Crippen LogP contribution < -0.4 is 43.4 Å². The zero-order valence-corrected chi connectivity index (χ0v) is 33.4. The largest absolute Gasteiger partial charge is 0.377 e. The number of hydrogen-bond acceptors (Lipinski definition) is 14. The first kappa shape index (κ1) is 47.3. The number of fused-ring (bicyclic) bond motifs is 1. The van der Waals surface area contributed by atoms with Gasteiger partial charge in [-0.05, 0) is 51.7 Å². The molecule has 1 saturated heterocycles. The van der Waals surface area contributed by atoms with Crippen LogP contribution in [0.2, 0.25) is 5.82 Å². The van der Waals surface area contributed by atoms with Gasteiger partial charge < -0.3 is 57.8 Å². The summed E-state index contributed by atoms with van der Waals surface area (Å²) in [6.07, 6.45) is 6.65. The maximum Gasteiger partial charge on any atom is 0.246 e. The molecule has 0 saturated carbocycles. The molecule has 7 amide bonds. The molecule has 0 unspecified atom stereocenters. The molecule has 58 heavy (non-hydrogen) atoms. The highest BCUT2D eigenvalue weighted by molar-refractivity contribution is 7.80. The number of amides is 7. The van der Waals surface area contributed by atoms with Crippen molar-refractivity contribution in [2.45, 2.75) is 81.9 Å². The average Bonchev–Trinajstić information content (AvgIpc) is 3.88. The number of hydrogen-bond donors (Lipinski definition) is 10. The summed E-state index contributed by atoms with van der Waals surface area (Å²) in [5, 5.41) is 15.7. The third kappa shape index (κ3) is 16.4. The van der Waals surface area contributed by atoms with Gasteiger partial charge in [0.25, 0.3) is 0 Å². The van der Waals surface area contributed by atoms with E-state index in [0.29, 0.717) is 30.6 Å².